The van der Waals surface area contributed by atoms with Crippen molar-refractivity contribution in [1.29, 1.82) is 0 Å². The van der Waals surface area contributed by atoms with Gasteiger partial charge in [0.2, 0.25) is 12.2 Å². The van der Waals surface area contributed by atoms with E-state index >= 15 is 0 Å². The van der Waals surface area contributed by atoms with E-state index in [-0.39, 0.29) is 17.8 Å². The second-order valence-corrected chi connectivity index (χ2v) is 8.59. The summed E-state index contributed by atoms with van der Waals surface area (Å²) in [5.41, 5.74) is 1.34. The summed E-state index contributed by atoms with van der Waals surface area (Å²) >= 11 is 0. The van der Waals surface area contributed by atoms with Crippen LogP contribution in [-0.4, -0.2) is 77.8 Å². The molecule has 2 aromatic carbocycles. The van der Waals surface area contributed by atoms with E-state index in [4.69, 9.17) is 18.9 Å². The molecule has 10 heteroatoms. The molecule has 4 rings (SSSR count). The number of carbonyl (C=O) groups excluding carboxylic acids is 2. The van der Waals surface area contributed by atoms with E-state index in [0.717, 1.165) is 0 Å². The zero-order chi connectivity index (χ0) is 25.8. The highest BCUT2D eigenvalue weighted by atomic mass is 16.8. The van der Waals surface area contributed by atoms with Crippen molar-refractivity contribution in [3.05, 3.63) is 77.4 Å². The number of hydrogen-bond acceptors (Lipinski definition) is 9. The Morgan fingerprint density at radius 3 is 2.31 bits per heavy atom. The molecule has 2 aromatic rings. The molecule has 2 aliphatic rings. The fourth-order valence-electron chi connectivity index (χ4n) is 4.38. The molecular weight excluding hydrogens is 470 g/mol. The van der Waals surface area contributed by atoms with Gasteiger partial charge < -0.3 is 39.6 Å². The lowest BCUT2D eigenvalue weighted by molar-refractivity contribution is -0.297. The van der Waals surface area contributed by atoms with Gasteiger partial charge >= 0.3 is 5.97 Å². The number of carbonyl (C=O) groups is 2. The van der Waals surface area contributed by atoms with Gasteiger partial charge in [0.25, 0.3) is 0 Å². The van der Waals surface area contributed by atoms with Crippen molar-refractivity contribution >= 4 is 17.4 Å². The number of esters is 1. The third kappa shape index (κ3) is 5.34. The summed E-state index contributed by atoms with van der Waals surface area (Å²) in [7, 11) is 1.41. The molecule has 36 heavy (non-hydrogen) atoms. The molecule has 1 saturated heterocycles. The average molecular weight is 500 g/mol. The maximum absolute atomic E-state index is 13.0. The number of benzene rings is 2. The van der Waals surface area contributed by atoms with E-state index in [1.54, 1.807) is 60.7 Å². The fraction of sp³-hybridized carbons (Fsp3) is 0.385. The minimum Gasteiger partial charge on any atom is -0.428 e. The first-order valence-electron chi connectivity index (χ1n) is 11.5. The third-order valence-electron chi connectivity index (χ3n) is 6.09. The summed E-state index contributed by atoms with van der Waals surface area (Å²) < 4.78 is 22.5. The van der Waals surface area contributed by atoms with Crippen molar-refractivity contribution in [3.8, 4) is 0 Å². The minimum atomic E-state index is -1.46. The Hall–Kier alpha value is -3.12. The average Bonchev–Trinajstić information content (AvgIpc) is 3.20. The highest BCUT2D eigenvalue weighted by molar-refractivity contribution is 6.03. The molecule has 2 heterocycles. The smallest absolute Gasteiger partial charge is 0.340 e. The van der Waals surface area contributed by atoms with Crippen LogP contribution in [0.1, 0.15) is 24.2 Å². The number of amides is 1. The Kier molecular flexibility index (Phi) is 8.14. The van der Waals surface area contributed by atoms with Crippen LogP contribution in [0.15, 0.2) is 66.2 Å². The van der Waals surface area contributed by atoms with Gasteiger partial charge in [-0.3, -0.25) is 4.79 Å². The van der Waals surface area contributed by atoms with Crippen molar-refractivity contribution in [3.63, 3.8) is 0 Å². The van der Waals surface area contributed by atoms with Crippen LogP contribution in [0.2, 0.25) is 0 Å². The second kappa shape index (κ2) is 11.3. The van der Waals surface area contributed by atoms with Crippen molar-refractivity contribution in [1.82, 2.24) is 5.32 Å². The van der Waals surface area contributed by atoms with E-state index in [1.165, 1.54) is 14.0 Å². The number of aliphatic hydroxyl groups excluding tert-OH is 3. The molecule has 2 aliphatic heterocycles. The monoisotopic (exact) mass is 499 g/mol. The molecular formula is C26H29NO9. The van der Waals surface area contributed by atoms with Gasteiger partial charge in [0.1, 0.15) is 30.5 Å². The zero-order valence-corrected chi connectivity index (χ0v) is 19.8. The van der Waals surface area contributed by atoms with Gasteiger partial charge in [-0.1, -0.05) is 60.7 Å². The molecule has 1 amide bonds. The molecule has 0 bridgehead atoms. The van der Waals surface area contributed by atoms with Crippen LogP contribution < -0.4 is 5.32 Å². The molecule has 0 aliphatic carbocycles. The van der Waals surface area contributed by atoms with Crippen LogP contribution in [0.4, 0.5) is 0 Å². The van der Waals surface area contributed by atoms with Gasteiger partial charge in [-0.05, 0) is 11.1 Å². The zero-order valence-electron chi connectivity index (χ0n) is 19.8. The number of cyclic esters (lactones) is 1. The van der Waals surface area contributed by atoms with E-state index < -0.39 is 54.9 Å². The maximum atomic E-state index is 13.0. The molecule has 4 N–H and O–H groups in total. The number of nitrogens with one attached hydrogen (secondary N) is 1. The number of hydrogen-bond donors (Lipinski definition) is 4. The van der Waals surface area contributed by atoms with Gasteiger partial charge in [-0.2, -0.15) is 0 Å². The second-order valence-electron chi connectivity index (χ2n) is 8.59. The Balaban J connectivity index is 1.72. The molecule has 0 radical (unpaired) electrons. The first-order valence-corrected chi connectivity index (χ1v) is 11.5. The lowest BCUT2D eigenvalue weighted by Gasteiger charge is -2.43. The Morgan fingerprint density at radius 2 is 1.69 bits per heavy atom. The SMILES string of the molecule is COC[C@@H]1O[C@H](O[C@@H]2OC(=O)C([C@H](O)c3ccccc3)=C2c2ccccc2)[C@@H](NC(C)=O)[C@H](O)[C@@H]1O. The largest absolute Gasteiger partial charge is 0.428 e. The highest BCUT2D eigenvalue weighted by Gasteiger charge is 2.49. The fourth-order valence-corrected chi connectivity index (χ4v) is 4.38. The number of ether oxygens (including phenoxy) is 4. The predicted molar refractivity (Wildman–Crippen MR) is 126 cm³/mol. The van der Waals surface area contributed by atoms with Crippen LogP contribution in [0.5, 0.6) is 0 Å². The highest BCUT2D eigenvalue weighted by Crippen LogP contribution is 2.40. The first kappa shape index (κ1) is 26.0. The lowest BCUT2D eigenvalue weighted by atomic mass is 9.93. The molecule has 1 fully saturated rings. The summed E-state index contributed by atoms with van der Waals surface area (Å²) in [6, 6.07) is 16.3. The van der Waals surface area contributed by atoms with Gasteiger partial charge in [0, 0.05) is 19.6 Å². The normalized spacial score (nSPS) is 29.1. The molecule has 192 valence electrons. The molecule has 10 nitrogen and oxygen atoms in total. The van der Waals surface area contributed by atoms with Crippen LogP contribution in [0.25, 0.3) is 5.57 Å². The van der Waals surface area contributed by atoms with Crippen LogP contribution >= 0.6 is 0 Å². The molecule has 0 spiro atoms. The Morgan fingerprint density at radius 1 is 1.06 bits per heavy atom. The third-order valence-corrected chi connectivity index (χ3v) is 6.09. The number of methoxy groups -OCH3 is 1. The topological polar surface area (TPSA) is 144 Å². The van der Waals surface area contributed by atoms with E-state index in [0.29, 0.717) is 11.1 Å². The maximum Gasteiger partial charge on any atom is 0.340 e. The quantitative estimate of drug-likeness (QED) is 0.385. The van der Waals surface area contributed by atoms with Crippen molar-refractivity contribution in [2.75, 3.05) is 13.7 Å². The standard InChI is InChI=1S/C26H29NO9/c1-14(28)27-20-23(31)22(30)17(13-33-2)34-26(20)36-25-18(15-9-5-3-6-10-15)19(24(32)35-25)21(29)16-11-7-4-8-12-16/h3-12,17,20-23,25-26,29-31H,13H2,1-2H3,(H,27,28)/t17-,20-,21+,22+,23-,25-,26+/m0/s1. The molecule has 7 atom stereocenters. The Labute approximate surface area is 208 Å². The van der Waals surface area contributed by atoms with Gasteiger partial charge in [-0.25, -0.2) is 4.79 Å². The first-order chi connectivity index (χ1) is 17.3. The number of aliphatic hydroxyl groups is 3. The summed E-state index contributed by atoms with van der Waals surface area (Å²) in [4.78, 5) is 24.9. The predicted octanol–water partition coefficient (Wildman–Crippen LogP) is 0.671. The van der Waals surface area contributed by atoms with Crippen molar-refractivity contribution in [2.24, 2.45) is 0 Å². The van der Waals surface area contributed by atoms with Gasteiger partial charge in [0.15, 0.2) is 6.29 Å². The molecule has 0 saturated carbocycles. The Bertz CT molecular complexity index is 1090. The van der Waals surface area contributed by atoms with Crippen LogP contribution in [0.3, 0.4) is 0 Å². The molecule has 0 aromatic heterocycles. The van der Waals surface area contributed by atoms with E-state index in [1.807, 2.05) is 0 Å². The summed E-state index contributed by atoms with van der Waals surface area (Å²) in [5, 5.41) is 34.8. The summed E-state index contributed by atoms with van der Waals surface area (Å²) in [5.74, 6) is -1.27. The van der Waals surface area contributed by atoms with E-state index in [2.05, 4.69) is 5.32 Å². The summed E-state index contributed by atoms with van der Waals surface area (Å²) in [6.07, 6.45) is -7.75. The van der Waals surface area contributed by atoms with Crippen LogP contribution in [0, 0.1) is 0 Å². The van der Waals surface area contributed by atoms with Gasteiger partial charge in [-0.15, -0.1) is 0 Å². The van der Waals surface area contributed by atoms with Crippen molar-refractivity contribution < 1.29 is 43.9 Å². The number of rotatable bonds is 8. The van der Waals surface area contributed by atoms with Gasteiger partial charge in [0.05, 0.1) is 12.2 Å². The van der Waals surface area contributed by atoms with E-state index in [9.17, 15) is 24.9 Å². The molecule has 0 unspecified atom stereocenters. The minimum absolute atomic E-state index is 0.00156. The van der Waals surface area contributed by atoms with Crippen molar-refractivity contribution in [2.45, 2.75) is 50.0 Å². The lowest BCUT2D eigenvalue weighted by Crippen LogP contribution is -2.65. The summed E-state index contributed by atoms with van der Waals surface area (Å²) in [6.45, 7) is 1.19. The van der Waals surface area contributed by atoms with Crippen LogP contribution in [-0.2, 0) is 28.5 Å².